The molecule has 3 aliphatic rings. The topological polar surface area (TPSA) is 64.0 Å². The lowest BCUT2D eigenvalue weighted by Gasteiger charge is -2.40. The summed E-state index contributed by atoms with van der Waals surface area (Å²) in [4.78, 5) is 18.0. The number of aliphatic hydroxyl groups excluding tert-OH is 1. The van der Waals surface area contributed by atoms with Gasteiger partial charge in [0, 0.05) is 37.2 Å². The van der Waals surface area contributed by atoms with Crippen LogP contribution in [-0.2, 0) is 16.8 Å². The maximum absolute atomic E-state index is 13.6. The second kappa shape index (κ2) is 8.19. The van der Waals surface area contributed by atoms with Crippen LogP contribution in [0.2, 0.25) is 0 Å². The second-order valence-corrected chi connectivity index (χ2v) is 10.2. The van der Waals surface area contributed by atoms with Crippen molar-refractivity contribution in [2.45, 2.75) is 62.8 Å². The average Bonchev–Trinajstić information content (AvgIpc) is 3.34. The molecular formula is C29H32N2O3. The largest absolute Gasteiger partial charge is 0.393 e. The highest BCUT2D eigenvalue weighted by Gasteiger charge is 2.52. The summed E-state index contributed by atoms with van der Waals surface area (Å²) in [5, 5.41) is 24.5. The van der Waals surface area contributed by atoms with Crippen molar-refractivity contribution in [3.05, 3.63) is 77.4 Å². The molecule has 5 nitrogen and oxygen atoms in total. The molecule has 1 amide bonds. The molecule has 2 N–H and O–H groups in total. The Morgan fingerprint density at radius 1 is 1.03 bits per heavy atom. The molecule has 6 rings (SSSR count). The zero-order chi connectivity index (χ0) is 23.4. The maximum Gasteiger partial charge on any atom is 0.264 e. The minimum Gasteiger partial charge on any atom is -0.393 e. The zero-order valence-electron chi connectivity index (χ0n) is 19.7. The van der Waals surface area contributed by atoms with E-state index in [1.54, 1.807) is 0 Å². The van der Waals surface area contributed by atoms with E-state index in [1.165, 1.54) is 21.9 Å². The Morgan fingerprint density at radius 2 is 1.76 bits per heavy atom. The fourth-order valence-corrected chi connectivity index (χ4v) is 6.50. The highest BCUT2D eigenvalue weighted by molar-refractivity contribution is 6.07. The predicted octanol–water partition coefficient (Wildman–Crippen LogP) is 4.30. The molecule has 1 aliphatic carbocycles. The van der Waals surface area contributed by atoms with E-state index in [0.29, 0.717) is 18.0 Å². The van der Waals surface area contributed by atoms with E-state index in [0.717, 1.165) is 38.0 Å². The number of anilines is 1. The van der Waals surface area contributed by atoms with Gasteiger partial charge in [0.25, 0.3) is 5.91 Å². The Hall–Kier alpha value is -2.73. The Bertz CT molecular complexity index is 1240. The second-order valence-electron chi connectivity index (χ2n) is 10.2. The van der Waals surface area contributed by atoms with E-state index in [-0.39, 0.29) is 18.4 Å². The maximum atomic E-state index is 13.6. The summed E-state index contributed by atoms with van der Waals surface area (Å²) in [7, 11) is 0. The third-order valence-corrected chi connectivity index (χ3v) is 8.28. The van der Waals surface area contributed by atoms with Crippen LogP contribution in [0.1, 0.15) is 55.3 Å². The van der Waals surface area contributed by atoms with Gasteiger partial charge in [0.15, 0.2) is 5.60 Å². The fourth-order valence-electron chi connectivity index (χ4n) is 6.50. The van der Waals surface area contributed by atoms with Gasteiger partial charge in [-0.3, -0.25) is 9.69 Å². The van der Waals surface area contributed by atoms with Crippen molar-refractivity contribution in [2.24, 2.45) is 0 Å². The standard InChI is InChI=1S/C29H32N2O3/c1-2-22(32)18-29(34)24-11-3-4-12-25(24)31(28(29)33)21-13-15-30(16-14-21)26-17-20-9-5-7-19-8-6-10-23(26)27(19)20/h3-12,21-22,26,32,34H,2,13-18H2,1H3/t22-,26?,29?/m1/s1. The Kier molecular flexibility index (Phi) is 5.25. The minimum absolute atomic E-state index is 0.0407. The lowest BCUT2D eigenvalue weighted by atomic mass is 9.88. The molecule has 2 heterocycles. The smallest absolute Gasteiger partial charge is 0.264 e. The van der Waals surface area contributed by atoms with E-state index < -0.39 is 11.7 Å². The number of nitrogens with zero attached hydrogens (tertiary/aromatic N) is 2. The van der Waals surface area contributed by atoms with Crippen LogP contribution in [0.3, 0.4) is 0 Å². The number of fused-ring (bicyclic) bond motifs is 1. The summed E-state index contributed by atoms with van der Waals surface area (Å²) < 4.78 is 0. The normalized spacial score (nSPS) is 25.8. The van der Waals surface area contributed by atoms with Gasteiger partial charge in [-0.05, 0) is 53.6 Å². The molecule has 3 aromatic carbocycles. The van der Waals surface area contributed by atoms with Crippen molar-refractivity contribution >= 4 is 22.4 Å². The van der Waals surface area contributed by atoms with E-state index in [1.807, 2.05) is 36.1 Å². The third kappa shape index (κ3) is 3.22. The van der Waals surface area contributed by atoms with Crippen LogP contribution in [0.5, 0.6) is 0 Å². The third-order valence-electron chi connectivity index (χ3n) is 8.28. The van der Waals surface area contributed by atoms with Crippen molar-refractivity contribution in [2.75, 3.05) is 18.0 Å². The quantitative estimate of drug-likeness (QED) is 0.601. The number of hydrogen-bond donors (Lipinski definition) is 2. The highest BCUT2D eigenvalue weighted by atomic mass is 16.3. The molecule has 34 heavy (non-hydrogen) atoms. The van der Waals surface area contributed by atoms with Crippen LogP contribution in [0.4, 0.5) is 5.69 Å². The first-order valence-electron chi connectivity index (χ1n) is 12.6. The van der Waals surface area contributed by atoms with Crippen LogP contribution in [0, 0.1) is 0 Å². The summed E-state index contributed by atoms with van der Waals surface area (Å²) in [6, 6.07) is 21.2. The van der Waals surface area contributed by atoms with E-state index >= 15 is 0 Å². The van der Waals surface area contributed by atoms with Gasteiger partial charge >= 0.3 is 0 Å². The number of hydrogen-bond acceptors (Lipinski definition) is 4. The summed E-state index contributed by atoms with van der Waals surface area (Å²) >= 11 is 0. The molecule has 0 bridgehead atoms. The number of rotatable bonds is 5. The number of benzene rings is 3. The van der Waals surface area contributed by atoms with Crippen molar-refractivity contribution < 1.29 is 15.0 Å². The monoisotopic (exact) mass is 456 g/mol. The van der Waals surface area contributed by atoms with Gasteiger partial charge in [-0.15, -0.1) is 0 Å². The van der Waals surface area contributed by atoms with Gasteiger partial charge in [0.05, 0.1) is 11.8 Å². The summed E-state index contributed by atoms with van der Waals surface area (Å²) in [5.41, 5.74) is 2.65. The van der Waals surface area contributed by atoms with E-state index in [2.05, 4.69) is 41.3 Å². The Balaban J connectivity index is 1.23. The minimum atomic E-state index is -1.65. The number of aliphatic hydroxyl groups is 2. The molecule has 3 atom stereocenters. The molecule has 5 heteroatoms. The van der Waals surface area contributed by atoms with E-state index in [4.69, 9.17) is 0 Å². The van der Waals surface area contributed by atoms with Crippen molar-refractivity contribution in [1.29, 1.82) is 0 Å². The Morgan fingerprint density at radius 3 is 2.53 bits per heavy atom. The molecule has 0 radical (unpaired) electrons. The van der Waals surface area contributed by atoms with Crippen LogP contribution < -0.4 is 4.90 Å². The van der Waals surface area contributed by atoms with Gasteiger partial charge in [-0.1, -0.05) is 61.5 Å². The van der Waals surface area contributed by atoms with Gasteiger partial charge in [0.2, 0.25) is 0 Å². The molecule has 0 aromatic heterocycles. The molecule has 1 fully saturated rings. The first kappa shape index (κ1) is 21.8. The molecule has 0 spiro atoms. The first-order valence-corrected chi connectivity index (χ1v) is 12.6. The summed E-state index contributed by atoms with van der Waals surface area (Å²) in [5.74, 6) is -0.280. The number of amides is 1. The van der Waals surface area contributed by atoms with Crippen molar-refractivity contribution in [3.8, 4) is 0 Å². The predicted molar refractivity (Wildman–Crippen MR) is 134 cm³/mol. The van der Waals surface area contributed by atoms with Gasteiger partial charge in [-0.25, -0.2) is 0 Å². The molecule has 2 unspecified atom stereocenters. The molecule has 0 saturated carbocycles. The summed E-state index contributed by atoms with van der Waals surface area (Å²) in [6.45, 7) is 3.71. The lowest BCUT2D eigenvalue weighted by Crippen LogP contribution is -2.51. The zero-order valence-corrected chi connectivity index (χ0v) is 19.7. The molecule has 2 aliphatic heterocycles. The van der Waals surface area contributed by atoms with Crippen LogP contribution >= 0.6 is 0 Å². The molecule has 3 aromatic rings. The fraction of sp³-hybridized carbons (Fsp3) is 0.414. The SMILES string of the molecule is CC[C@@H](O)CC1(O)C(=O)N(C2CCN(C3Cc4cccc5cccc3c45)CC2)c2ccccc21. The van der Waals surface area contributed by atoms with Gasteiger partial charge in [-0.2, -0.15) is 0 Å². The number of piperidine rings is 1. The number of carbonyl (C=O) groups is 1. The Labute approximate surface area is 200 Å². The van der Waals surface area contributed by atoms with Gasteiger partial charge < -0.3 is 15.1 Å². The van der Waals surface area contributed by atoms with Crippen molar-refractivity contribution in [1.82, 2.24) is 4.90 Å². The number of carbonyl (C=O) groups excluding carboxylic acids is 1. The molecule has 176 valence electrons. The molecule has 1 saturated heterocycles. The molecular weight excluding hydrogens is 424 g/mol. The highest BCUT2D eigenvalue weighted by Crippen LogP contribution is 2.46. The van der Waals surface area contributed by atoms with E-state index in [9.17, 15) is 15.0 Å². The number of likely N-dealkylation sites (tertiary alicyclic amines) is 1. The van der Waals surface area contributed by atoms with Crippen LogP contribution in [0.25, 0.3) is 10.8 Å². The summed E-state index contributed by atoms with van der Waals surface area (Å²) in [6.07, 6.45) is 2.62. The van der Waals surface area contributed by atoms with Crippen LogP contribution in [0.15, 0.2) is 60.7 Å². The van der Waals surface area contributed by atoms with Crippen molar-refractivity contribution in [3.63, 3.8) is 0 Å². The number of para-hydroxylation sites is 1. The van der Waals surface area contributed by atoms with Crippen LogP contribution in [-0.4, -0.2) is 46.3 Å². The average molecular weight is 457 g/mol. The first-order chi connectivity index (χ1) is 16.5. The lowest BCUT2D eigenvalue weighted by molar-refractivity contribution is -0.140. The van der Waals surface area contributed by atoms with Gasteiger partial charge in [0.1, 0.15) is 0 Å².